The van der Waals surface area contributed by atoms with E-state index >= 15 is 0 Å². The van der Waals surface area contributed by atoms with Crippen molar-refractivity contribution in [1.82, 2.24) is 4.90 Å². The minimum Gasteiger partial charge on any atom is -0.469 e. The molecule has 1 aromatic rings. The molecule has 0 bridgehead atoms. The SMILES string of the molecule is COC(=O)C1CCN(C(=O)Nc2ccccc2I)CC1. The molecule has 1 N–H and O–H groups in total. The van der Waals surface area contributed by atoms with Gasteiger partial charge >= 0.3 is 12.0 Å². The first-order valence-corrected chi connectivity index (χ1v) is 7.58. The van der Waals surface area contributed by atoms with E-state index < -0.39 is 0 Å². The molecule has 1 saturated heterocycles. The van der Waals surface area contributed by atoms with Crippen LogP contribution in [0.5, 0.6) is 0 Å². The van der Waals surface area contributed by atoms with Gasteiger partial charge in [-0.15, -0.1) is 0 Å². The topological polar surface area (TPSA) is 58.6 Å². The summed E-state index contributed by atoms with van der Waals surface area (Å²) in [6.07, 6.45) is 1.32. The lowest BCUT2D eigenvalue weighted by atomic mass is 9.97. The maximum Gasteiger partial charge on any atom is 0.321 e. The highest BCUT2D eigenvalue weighted by Gasteiger charge is 2.27. The van der Waals surface area contributed by atoms with E-state index in [2.05, 4.69) is 27.9 Å². The number of esters is 1. The number of carbonyl (C=O) groups is 2. The first-order valence-electron chi connectivity index (χ1n) is 6.50. The second kappa shape index (κ2) is 6.92. The zero-order chi connectivity index (χ0) is 14.5. The number of piperidine rings is 1. The van der Waals surface area contributed by atoms with Gasteiger partial charge < -0.3 is 15.0 Å². The largest absolute Gasteiger partial charge is 0.469 e. The van der Waals surface area contributed by atoms with Crippen molar-refractivity contribution in [2.45, 2.75) is 12.8 Å². The fraction of sp³-hybridized carbons (Fsp3) is 0.429. The Morgan fingerprint density at radius 1 is 1.30 bits per heavy atom. The Balaban J connectivity index is 1.89. The molecule has 2 rings (SSSR count). The number of benzene rings is 1. The number of nitrogens with zero attached hydrogens (tertiary/aromatic N) is 1. The number of ether oxygens (including phenoxy) is 1. The summed E-state index contributed by atoms with van der Waals surface area (Å²) < 4.78 is 5.74. The Morgan fingerprint density at radius 3 is 2.55 bits per heavy atom. The van der Waals surface area contributed by atoms with Crippen LogP contribution in [0, 0.1) is 9.49 Å². The van der Waals surface area contributed by atoms with Crippen molar-refractivity contribution in [3.8, 4) is 0 Å². The van der Waals surface area contributed by atoms with Crippen LogP contribution >= 0.6 is 22.6 Å². The number of hydrogen-bond acceptors (Lipinski definition) is 3. The van der Waals surface area contributed by atoms with Crippen LogP contribution in [0.4, 0.5) is 10.5 Å². The van der Waals surface area contributed by atoms with E-state index in [4.69, 9.17) is 4.74 Å². The Kier molecular flexibility index (Phi) is 5.22. The van der Waals surface area contributed by atoms with E-state index in [-0.39, 0.29) is 17.9 Å². The smallest absolute Gasteiger partial charge is 0.321 e. The molecule has 1 aromatic carbocycles. The summed E-state index contributed by atoms with van der Waals surface area (Å²) in [5.74, 6) is -0.261. The third-order valence-corrected chi connectivity index (χ3v) is 4.37. The molecule has 2 amide bonds. The fourth-order valence-electron chi connectivity index (χ4n) is 2.24. The summed E-state index contributed by atoms with van der Waals surface area (Å²) >= 11 is 2.19. The van der Waals surface area contributed by atoms with Gasteiger partial charge in [-0.2, -0.15) is 0 Å². The fourth-order valence-corrected chi connectivity index (χ4v) is 2.76. The van der Waals surface area contributed by atoms with E-state index in [0.717, 1.165) is 9.26 Å². The first kappa shape index (κ1) is 15.1. The lowest BCUT2D eigenvalue weighted by molar-refractivity contribution is -0.146. The van der Waals surface area contributed by atoms with Gasteiger partial charge in [0.05, 0.1) is 18.7 Å². The summed E-state index contributed by atoms with van der Waals surface area (Å²) in [7, 11) is 1.40. The summed E-state index contributed by atoms with van der Waals surface area (Å²) in [4.78, 5) is 25.3. The first-order chi connectivity index (χ1) is 9.61. The number of methoxy groups -OCH3 is 1. The van der Waals surface area contributed by atoms with Gasteiger partial charge in [-0.05, 0) is 47.6 Å². The highest BCUT2D eigenvalue weighted by Crippen LogP contribution is 2.21. The zero-order valence-corrected chi connectivity index (χ0v) is 13.4. The lowest BCUT2D eigenvalue weighted by Crippen LogP contribution is -2.42. The van der Waals surface area contributed by atoms with Crippen LogP contribution in [-0.4, -0.2) is 37.1 Å². The summed E-state index contributed by atoms with van der Waals surface area (Å²) in [6, 6.07) is 7.53. The number of halogens is 1. The number of likely N-dealkylation sites (tertiary alicyclic amines) is 1. The molecular formula is C14H17IN2O3. The number of anilines is 1. The molecular weight excluding hydrogens is 371 g/mol. The molecule has 1 aliphatic heterocycles. The van der Waals surface area contributed by atoms with Crippen LogP contribution in [0.2, 0.25) is 0 Å². The number of amides is 2. The molecule has 1 fully saturated rings. The second-order valence-electron chi connectivity index (χ2n) is 4.69. The molecule has 20 heavy (non-hydrogen) atoms. The Morgan fingerprint density at radius 2 is 1.95 bits per heavy atom. The van der Waals surface area contributed by atoms with Gasteiger partial charge in [0.25, 0.3) is 0 Å². The van der Waals surface area contributed by atoms with E-state index in [1.807, 2.05) is 24.3 Å². The predicted molar refractivity (Wildman–Crippen MR) is 84.5 cm³/mol. The molecule has 0 aliphatic carbocycles. The quantitative estimate of drug-likeness (QED) is 0.626. The van der Waals surface area contributed by atoms with Crippen molar-refractivity contribution < 1.29 is 14.3 Å². The van der Waals surface area contributed by atoms with Crippen LogP contribution < -0.4 is 5.32 Å². The molecule has 0 atom stereocenters. The molecule has 0 radical (unpaired) electrons. The van der Waals surface area contributed by atoms with Crippen molar-refractivity contribution in [3.05, 3.63) is 27.8 Å². The molecule has 0 spiro atoms. The highest BCUT2D eigenvalue weighted by atomic mass is 127. The minimum absolute atomic E-state index is 0.0825. The van der Waals surface area contributed by atoms with Gasteiger partial charge in [-0.1, -0.05) is 12.1 Å². The predicted octanol–water partition coefficient (Wildman–Crippen LogP) is 2.71. The number of carbonyl (C=O) groups excluding carboxylic acids is 2. The van der Waals surface area contributed by atoms with Gasteiger partial charge in [0.2, 0.25) is 0 Å². The molecule has 0 aromatic heterocycles. The zero-order valence-electron chi connectivity index (χ0n) is 11.3. The maximum absolute atomic E-state index is 12.2. The molecule has 0 saturated carbocycles. The van der Waals surface area contributed by atoms with Gasteiger partial charge in [0.15, 0.2) is 0 Å². The summed E-state index contributed by atoms with van der Waals surface area (Å²) in [6.45, 7) is 1.16. The van der Waals surface area contributed by atoms with Crippen molar-refractivity contribution >= 4 is 40.3 Å². The number of nitrogens with one attached hydrogen (secondary N) is 1. The van der Waals surface area contributed by atoms with Crippen molar-refractivity contribution in [3.63, 3.8) is 0 Å². The average Bonchev–Trinajstić information content (AvgIpc) is 2.49. The summed E-state index contributed by atoms with van der Waals surface area (Å²) in [5, 5.41) is 2.90. The minimum atomic E-state index is -0.178. The van der Waals surface area contributed by atoms with Crippen molar-refractivity contribution in [2.75, 3.05) is 25.5 Å². The van der Waals surface area contributed by atoms with E-state index in [1.165, 1.54) is 7.11 Å². The highest BCUT2D eigenvalue weighted by molar-refractivity contribution is 14.1. The molecule has 6 heteroatoms. The molecule has 1 heterocycles. The van der Waals surface area contributed by atoms with E-state index in [0.29, 0.717) is 25.9 Å². The van der Waals surface area contributed by atoms with Crippen LogP contribution in [-0.2, 0) is 9.53 Å². The third kappa shape index (κ3) is 3.62. The third-order valence-electron chi connectivity index (χ3n) is 3.43. The van der Waals surface area contributed by atoms with Crippen molar-refractivity contribution in [1.29, 1.82) is 0 Å². The standard InChI is InChI=1S/C14H17IN2O3/c1-20-13(18)10-6-8-17(9-7-10)14(19)16-12-5-3-2-4-11(12)15/h2-5,10H,6-9H2,1H3,(H,16,19). The number of para-hydroxylation sites is 1. The number of urea groups is 1. The van der Waals surface area contributed by atoms with Gasteiger partial charge in [0, 0.05) is 16.7 Å². The molecule has 108 valence electrons. The van der Waals surface area contributed by atoms with Gasteiger partial charge in [-0.25, -0.2) is 4.79 Å². The van der Waals surface area contributed by atoms with Gasteiger partial charge in [-0.3, -0.25) is 4.79 Å². The molecule has 0 unspecified atom stereocenters. The monoisotopic (exact) mass is 388 g/mol. The Labute approximate surface area is 131 Å². The Bertz CT molecular complexity index is 499. The van der Waals surface area contributed by atoms with Crippen LogP contribution in [0.25, 0.3) is 0 Å². The summed E-state index contributed by atoms with van der Waals surface area (Å²) in [5.41, 5.74) is 0.813. The number of hydrogen-bond donors (Lipinski definition) is 1. The normalized spacial score (nSPS) is 15.8. The van der Waals surface area contributed by atoms with Crippen LogP contribution in [0.3, 0.4) is 0 Å². The maximum atomic E-state index is 12.2. The van der Waals surface area contributed by atoms with E-state index in [9.17, 15) is 9.59 Å². The van der Waals surface area contributed by atoms with Crippen LogP contribution in [0.15, 0.2) is 24.3 Å². The second-order valence-corrected chi connectivity index (χ2v) is 5.86. The molecule has 1 aliphatic rings. The van der Waals surface area contributed by atoms with E-state index in [1.54, 1.807) is 4.90 Å². The van der Waals surface area contributed by atoms with Crippen LogP contribution in [0.1, 0.15) is 12.8 Å². The lowest BCUT2D eigenvalue weighted by Gasteiger charge is -2.30. The average molecular weight is 388 g/mol. The molecule has 5 nitrogen and oxygen atoms in total. The van der Waals surface area contributed by atoms with Gasteiger partial charge in [0.1, 0.15) is 0 Å². The number of rotatable bonds is 2. The van der Waals surface area contributed by atoms with Crippen molar-refractivity contribution in [2.24, 2.45) is 5.92 Å². The Hall–Kier alpha value is -1.31.